The van der Waals surface area contributed by atoms with Gasteiger partial charge in [-0.05, 0) is 53.6 Å². The van der Waals surface area contributed by atoms with E-state index in [-0.39, 0.29) is 18.4 Å². The summed E-state index contributed by atoms with van der Waals surface area (Å²) in [6.45, 7) is 0.665. The number of rotatable bonds is 5. The number of halogens is 3. The minimum Gasteiger partial charge on any atom is -0.316 e. The number of carbonyl (C=O) groups excluding carboxylic acids is 1. The van der Waals surface area contributed by atoms with E-state index in [0.29, 0.717) is 22.3 Å². The summed E-state index contributed by atoms with van der Waals surface area (Å²) in [5, 5.41) is 3.87. The lowest BCUT2D eigenvalue weighted by atomic mass is 10.1. The number of urea groups is 1. The minimum absolute atomic E-state index is 0.279. The van der Waals surface area contributed by atoms with Crippen molar-refractivity contribution in [2.24, 2.45) is 0 Å². The molecular weight excluding hydrogens is 386 g/mol. The Bertz CT molecular complexity index is 917. The van der Waals surface area contributed by atoms with Crippen molar-refractivity contribution >= 4 is 34.9 Å². The van der Waals surface area contributed by atoms with Crippen LogP contribution in [0.5, 0.6) is 0 Å². The first-order valence-corrected chi connectivity index (χ1v) is 9.06. The lowest BCUT2D eigenvalue weighted by Gasteiger charge is -2.24. The molecule has 0 atom stereocenters. The van der Waals surface area contributed by atoms with Crippen LogP contribution in [-0.4, -0.2) is 10.9 Å². The first-order chi connectivity index (χ1) is 13.0. The molecule has 0 heterocycles. The van der Waals surface area contributed by atoms with Gasteiger partial charge in [0, 0.05) is 28.8 Å². The average Bonchev–Trinajstić information content (AvgIpc) is 2.67. The Morgan fingerprint density at radius 1 is 0.926 bits per heavy atom. The molecule has 138 valence electrons. The molecule has 3 nitrogen and oxygen atoms in total. The van der Waals surface area contributed by atoms with Crippen molar-refractivity contribution < 1.29 is 9.18 Å². The molecule has 6 heteroatoms. The van der Waals surface area contributed by atoms with E-state index < -0.39 is 0 Å². The molecule has 0 fully saturated rings. The Morgan fingerprint density at radius 3 is 2.33 bits per heavy atom. The van der Waals surface area contributed by atoms with Gasteiger partial charge in [-0.3, -0.25) is 0 Å². The molecular formula is C21H17Cl2FN2O. The predicted octanol–water partition coefficient (Wildman–Crippen LogP) is 6.37. The van der Waals surface area contributed by atoms with E-state index in [2.05, 4.69) is 5.32 Å². The normalized spacial score (nSPS) is 10.5. The van der Waals surface area contributed by atoms with Gasteiger partial charge >= 0.3 is 6.03 Å². The van der Waals surface area contributed by atoms with Crippen molar-refractivity contribution in [1.29, 1.82) is 0 Å². The van der Waals surface area contributed by atoms with Crippen molar-refractivity contribution in [2.75, 3.05) is 5.32 Å². The molecule has 3 aromatic carbocycles. The van der Waals surface area contributed by atoms with Gasteiger partial charge in [0.25, 0.3) is 0 Å². The van der Waals surface area contributed by atoms with Crippen LogP contribution in [0.25, 0.3) is 0 Å². The number of anilines is 1. The summed E-state index contributed by atoms with van der Waals surface area (Å²) in [5.41, 5.74) is 2.23. The largest absolute Gasteiger partial charge is 0.322 e. The second-order valence-corrected chi connectivity index (χ2v) is 6.86. The van der Waals surface area contributed by atoms with E-state index >= 15 is 0 Å². The lowest BCUT2D eigenvalue weighted by molar-refractivity contribution is 0.206. The van der Waals surface area contributed by atoms with Crippen LogP contribution in [0.15, 0.2) is 72.8 Å². The second kappa shape index (κ2) is 8.89. The molecule has 3 aromatic rings. The SMILES string of the molecule is O=C(Nc1ccc(F)cc1)N(Cc1ccccc1)Cc1cc(Cl)ccc1Cl. The number of nitrogens with zero attached hydrogens (tertiary/aromatic N) is 1. The van der Waals surface area contributed by atoms with Crippen LogP contribution < -0.4 is 5.32 Å². The third-order valence-electron chi connectivity index (χ3n) is 3.97. The van der Waals surface area contributed by atoms with Crippen molar-refractivity contribution in [1.82, 2.24) is 4.90 Å². The molecule has 0 saturated heterocycles. The van der Waals surface area contributed by atoms with Gasteiger partial charge in [-0.1, -0.05) is 53.5 Å². The lowest BCUT2D eigenvalue weighted by Crippen LogP contribution is -2.34. The van der Waals surface area contributed by atoms with Crippen LogP contribution in [0, 0.1) is 5.82 Å². The van der Waals surface area contributed by atoms with Crippen molar-refractivity contribution in [3.63, 3.8) is 0 Å². The maximum atomic E-state index is 13.1. The van der Waals surface area contributed by atoms with Crippen LogP contribution in [0.3, 0.4) is 0 Å². The fourth-order valence-corrected chi connectivity index (χ4v) is 2.98. The van der Waals surface area contributed by atoms with Crippen LogP contribution in [0.4, 0.5) is 14.9 Å². The van der Waals surface area contributed by atoms with Gasteiger partial charge in [-0.15, -0.1) is 0 Å². The fraction of sp³-hybridized carbons (Fsp3) is 0.0952. The van der Waals surface area contributed by atoms with Gasteiger partial charge in [0.05, 0.1) is 0 Å². The van der Waals surface area contributed by atoms with Crippen molar-refractivity contribution in [3.05, 3.63) is 99.8 Å². The molecule has 2 amide bonds. The molecule has 0 aliphatic heterocycles. The van der Waals surface area contributed by atoms with Gasteiger partial charge in [-0.2, -0.15) is 0 Å². The van der Waals surface area contributed by atoms with E-state index in [9.17, 15) is 9.18 Å². The Morgan fingerprint density at radius 2 is 1.63 bits per heavy atom. The van der Waals surface area contributed by atoms with E-state index in [4.69, 9.17) is 23.2 Å². The van der Waals surface area contributed by atoms with E-state index in [1.54, 1.807) is 23.1 Å². The van der Waals surface area contributed by atoms with Gasteiger partial charge in [0.1, 0.15) is 5.82 Å². The van der Waals surface area contributed by atoms with Crippen LogP contribution in [-0.2, 0) is 13.1 Å². The number of hydrogen-bond acceptors (Lipinski definition) is 1. The molecule has 0 spiro atoms. The monoisotopic (exact) mass is 402 g/mol. The average molecular weight is 403 g/mol. The standard InChI is InChI=1S/C21H17Cl2FN2O/c22-17-6-11-20(23)16(12-17)14-26(13-15-4-2-1-3-5-15)21(27)25-19-9-7-18(24)8-10-19/h1-12H,13-14H2,(H,25,27). The van der Waals surface area contributed by atoms with E-state index in [1.807, 2.05) is 30.3 Å². The molecule has 27 heavy (non-hydrogen) atoms. The number of carbonyl (C=O) groups is 1. The second-order valence-electron chi connectivity index (χ2n) is 6.01. The number of benzene rings is 3. The summed E-state index contributed by atoms with van der Waals surface area (Å²) in [6.07, 6.45) is 0. The molecule has 0 bridgehead atoms. The van der Waals surface area contributed by atoms with E-state index in [1.165, 1.54) is 24.3 Å². The fourth-order valence-electron chi connectivity index (χ4n) is 2.61. The highest BCUT2D eigenvalue weighted by atomic mass is 35.5. The molecule has 0 aliphatic carbocycles. The number of nitrogens with one attached hydrogen (secondary N) is 1. The first kappa shape index (κ1) is 19.2. The molecule has 0 radical (unpaired) electrons. The predicted molar refractivity (Wildman–Crippen MR) is 108 cm³/mol. The summed E-state index contributed by atoms with van der Waals surface area (Å²) in [6, 6.07) is 20.1. The molecule has 3 rings (SSSR count). The van der Waals surface area contributed by atoms with Crippen LogP contribution >= 0.6 is 23.2 Å². The van der Waals surface area contributed by atoms with Crippen LogP contribution in [0.2, 0.25) is 10.0 Å². The van der Waals surface area contributed by atoms with Crippen molar-refractivity contribution in [2.45, 2.75) is 13.1 Å². The van der Waals surface area contributed by atoms with Crippen LogP contribution in [0.1, 0.15) is 11.1 Å². The van der Waals surface area contributed by atoms with Gasteiger partial charge in [0.15, 0.2) is 0 Å². The highest BCUT2D eigenvalue weighted by molar-refractivity contribution is 6.33. The Kier molecular flexibility index (Phi) is 6.32. The Hall–Kier alpha value is -2.56. The minimum atomic E-state index is -0.361. The maximum absolute atomic E-state index is 13.1. The van der Waals surface area contributed by atoms with E-state index in [0.717, 1.165) is 11.1 Å². The summed E-state index contributed by atoms with van der Waals surface area (Å²) in [4.78, 5) is 14.5. The third-order valence-corrected chi connectivity index (χ3v) is 4.57. The van der Waals surface area contributed by atoms with Gasteiger partial charge in [0.2, 0.25) is 0 Å². The zero-order chi connectivity index (χ0) is 19.2. The number of amides is 2. The Labute approximate surface area is 167 Å². The maximum Gasteiger partial charge on any atom is 0.322 e. The molecule has 0 unspecified atom stereocenters. The summed E-state index contributed by atoms with van der Waals surface area (Å²) >= 11 is 12.3. The first-order valence-electron chi connectivity index (χ1n) is 8.30. The summed E-state index contributed by atoms with van der Waals surface area (Å²) < 4.78 is 13.1. The highest BCUT2D eigenvalue weighted by Gasteiger charge is 2.17. The molecule has 0 saturated carbocycles. The molecule has 1 N–H and O–H groups in total. The zero-order valence-electron chi connectivity index (χ0n) is 14.3. The smallest absolute Gasteiger partial charge is 0.316 e. The Balaban J connectivity index is 1.83. The quantitative estimate of drug-likeness (QED) is 0.528. The summed E-state index contributed by atoms with van der Waals surface area (Å²) in [7, 11) is 0. The molecule has 0 aromatic heterocycles. The topological polar surface area (TPSA) is 32.3 Å². The van der Waals surface area contributed by atoms with Gasteiger partial charge < -0.3 is 10.2 Å². The highest BCUT2D eigenvalue weighted by Crippen LogP contribution is 2.23. The van der Waals surface area contributed by atoms with Gasteiger partial charge in [-0.25, -0.2) is 9.18 Å². The van der Waals surface area contributed by atoms with Crippen molar-refractivity contribution in [3.8, 4) is 0 Å². The summed E-state index contributed by atoms with van der Waals surface area (Å²) in [5.74, 6) is -0.361. The molecule has 0 aliphatic rings. The number of hydrogen-bond donors (Lipinski definition) is 1. The zero-order valence-corrected chi connectivity index (χ0v) is 15.8. The third kappa shape index (κ3) is 5.46.